The Balaban J connectivity index is 1.99. The predicted molar refractivity (Wildman–Crippen MR) is 53.8 cm³/mol. The molecule has 0 aromatic carbocycles. The van der Waals surface area contributed by atoms with Crippen LogP contribution in [0.15, 0.2) is 0 Å². The number of hydrogen-bond acceptors (Lipinski definition) is 2. The van der Waals surface area contributed by atoms with E-state index in [1.807, 2.05) is 7.11 Å². The summed E-state index contributed by atoms with van der Waals surface area (Å²) >= 11 is 0. The topological polar surface area (TPSA) is 21.3 Å². The van der Waals surface area contributed by atoms with Gasteiger partial charge in [0.2, 0.25) is 0 Å². The molecule has 0 aromatic rings. The van der Waals surface area contributed by atoms with Crippen LogP contribution in [0.4, 0.5) is 0 Å². The second kappa shape index (κ2) is 3.58. The Bertz CT molecular complexity index is 167. The fourth-order valence-electron chi connectivity index (χ4n) is 2.60. The summed E-state index contributed by atoms with van der Waals surface area (Å²) in [6.45, 7) is 3.27. The van der Waals surface area contributed by atoms with Crippen LogP contribution < -0.4 is 5.32 Å². The highest BCUT2D eigenvalue weighted by molar-refractivity contribution is 5.05. The maximum Gasteiger partial charge on any atom is 0.0833 e. The Labute approximate surface area is 81.0 Å². The number of hydrogen-bond donors (Lipinski definition) is 1. The van der Waals surface area contributed by atoms with E-state index in [1.54, 1.807) is 0 Å². The van der Waals surface area contributed by atoms with Crippen molar-refractivity contribution < 1.29 is 4.74 Å². The van der Waals surface area contributed by atoms with Crippen molar-refractivity contribution in [3.63, 3.8) is 0 Å². The van der Waals surface area contributed by atoms with Crippen LogP contribution >= 0.6 is 0 Å². The first kappa shape index (κ1) is 9.47. The maximum absolute atomic E-state index is 5.73. The van der Waals surface area contributed by atoms with E-state index in [1.165, 1.54) is 32.1 Å². The molecule has 0 aromatic heterocycles. The Morgan fingerprint density at radius 2 is 2.15 bits per heavy atom. The molecule has 2 nitrogen and oxygen atoms in total. The fourth-order valence-corrected chi connectivity index (χ4v) is 2.60. The van der Waals surface area contributed by atoms with E-state index >= 15 is 0 Å². The minimum atomic E-state index is 0.206. The van der Waals surface area contributed by atoms with Gasteiger partial charge in [-0.1, -0.05) is 6.92 Å². The van der Waals surface area contributed by atoms with Gasteiger partial charge in [0.15, 0.2) is 0 Å². The summed E-state index contributed by atoms with van der Waals surface area (Å²) < 4.78 is 5.73. The van der Waals surface area contributed by atoms with Gasteiger partial charge in [-0.05, 0) is 44.6 Å². The lowest BCUT2D eigenvalue weighted by Crippen LogP contribution is -2.57. The van der Waals surface area contributed by atoms with Crippen LogP contribution in [0.5, 0.6) is 0 Å². The molecule has 2 heteroatoms. The molecule has 13 heavy (non-hydrogen) atoms. The molecular weight excluding hydrogens is 162 g/mol. The highest BCUT2D eigenvalue weighted by Crippen LogP contribution is 2.46. The third kappa shape index (κ3) is 1.62. The van der Waals surface area contributed by atoms with Gasteiger partial charge in [-0.2, -0.15) is 0 Å². The predicted octanol–water partition coefficient (Wildman–Crippen LogP) is 1.94. The third-order valence-corrected chi connectivity index (χ3v) is 3.69. The van der Waals surface area contributed by atoms with Crippen molar-refractivity contribution in [1.29, 1.82) is 0 Å². The zero-order valence-corrected chi connectivity index (χ0v) is 8.81. The Kier molecular flexibility index (Phi) is 2.61. The number of nitrogens with one attached hydrogen (secondary N) is 1. The SMILES string of the molecule is CCNC(C1CC1)C1(OC)CCC1. The second-order valence-electron chi connectivity index (χ2n) is 4.50. The van der Waals surface area contributed by atoms with Gasteiger partial charge in [0.1, 0.15) is 0 Å². The summed E-state index contributed by atoms with van der Waals surface area (Å²) in [5.41, 5.74) is 0.206. The average molecular weight is 183 g/mol. The van der Waals surface area contributed by atoms with Crippen LogP contribution in [-0.4, -0.2) is 25.3 Å². The van der Waals surface area contributed by atoms with Crippen molar-refractivity contribution in [1.82, 2.24) is 5.32 Å². The summed E-state index contributed by atoms with van der Waals surface area (Å²) in [4.78, 5) is 0. The Morgan fingerprint density at radius 1 is 1.46 bits per heavy atom. The quantitative estimate of drug-likeness (QED) is 0.703. The van der Waals surface area contributed by atoms with Crippen LogP contribution in [0.3, 0.4) is 0 Å². The smallest absolute Gasteiger partial charge is 0.0833 e. The molecule has 76 valence electrons. The van der Waals surface area contributed by atoms with Gasteiger partial charge in [0, 0.05) is 13.2 Å². The molecule has 1 unspecified atom stereocenters. The first-order valence-corrected chi connectivity index (χ1v) is 5.61. The van der Waals surface area contributed by atoms with Gasteiger partial charge in [0.25, 0.3) is 0 Å². The van der Waals surface area contributed by atoms with Crippen LogP contribution in [0.2, 0.25) is 0 Å². The summed E-state index contributed by atoms with van der Waals surface area (Å²) in [5, 5.41) is 3.61. The van der Waals surface area contributed by atoms with Crippen molar-refractivity contribution in [2.75, 3.05) is 13.7 Å². The zero-order chi connectivity index (χ0) is 9.31. The Hall–Kier alpha value is -0.0800. The number of ether oxygens (including phenoxy) is 1. The van der Waals surface area contributed by atoms with E-state index in [4.69, 9.17) is 4.74 Å². The first-order chi connectivity index (χ1) is 6.32. The first-order valence-electron chi connectivity index (χ1n) is 5.61. The molecule has 1 N–H and O–H groups in total. The number of methoxy groups -OCH3 is 1. The zero-order valence-electron chi connectivity index (χ0n) is 8.81. The molecule has 2 aliphatic carbocycles. The molecule has 1 atom stereocenters. The summed E-state index contributed by atoms with van der Waals surface area (Å²) in [6, 6.07) is 0.635. The molecule has 2 aliphatic rings. The molecule has 0 radical (unpaired) electrons. The van der Waals surface area contributed by atoms with Gasteiger partial charge in [-0.3, -0.25) is 0 Å². The minimum Gasteiger partial charge on any atom is -0.377 e. The minimum absolute atomic E-state index is 0.206. The second-order valence-corrected chi connectivity index (χ2v) is 4.50. The van der Waals surface area contributed by atoms with Crippen molar-refractivity contribution in [3.05, 3.63) is 0 Å². The maximum atomic E-state index is 5.73. The van der Waals surface area contributed by atoms with E-state index in [2.05, 4.69) is 12.2 Å². The average Bonchev–Trinajstić information content (AvgIpc) is 2.84. The number of likely N-dealkylation sites (N-methyl/N-ethyl adjacent to an activating group) is 1. The third-order valence-electron chi connectivity index (χ3n) is 3.69. The van der Waals surface area contributed by atoms with E-state index in [0.29, 0.717) is 6.04 Å². The van der Waals surface area contributed by atoms with Gasteiger partial charge < -0.3 is 10.1 Å². The largest absolute Gasteiger partial charge is 0.377 e. The molecule has 0 bridgehead atoms. The fraction of sp³-hybridized carbons (Fsp3) is 1.00. The number of rotatable bonds is 5. The normalized spacial score (nSPS) is 28.2. The van der Waals surface area contributed by atoms with Gasteiger partial charge in [-0.15, -0.1) is 0 Å². The summed E-state index contributed by atoms with van der Waals surface area (Å²) in [5.74, 6) is 0.903. The molecule has 0 spiro atoms. The van der Waals surface area contributed by atoms with Crippen LogP contribution in [0.1, 0.15) is 39.0 Å². The molecule has 0 amide bonds. The van der Waals surface area contributed by atoms with Gasteiger partial charge in [0.05, 0.1) is 5.60 Å². The van der Waals surface area contributed by atoms with E-state index in [0.717, 1.165) is 12.5 Å². The van der Waals surface area contributed by atoms with Crippen molar-refractivity contribution >= 4 is 0 Å². The molecule has 2 fully saturated rings. The lowest BCUT2D eigenvalue weighted by atomic mass is 9.72. The van der Waals surface area contributed by atoms with Crippen molar-refractivity contribution in [3.8, 4) is 0 Å². The molecule has 2 rings (SSSR count). The lowest BCUT2D eigenvalue weighted by Gasteiger charge is -2.47. The summed E-state index contributed by atoms with van der Waals surface area (Å²) in [7, 11) is 1.88. The van der Waals surface area contributed by atoms with Gasteiger partial charge in [-0.25, -0.2) is 0 Å². The van der Waals surface area contributed by atoms with Crippen LogP contribution in [0.25, 0.3) is 0 Å². The van der Waals surface area contributed by atoms with Crippen LogP contribution in [0, 0.1) is 5.92 Å². The van der Waals surface area contributed by atoms with Crippen molar-refractivity contribution in [2.45, 2.75) is 50.7 Å². The molecule has 0 aliphatic heterocycles. The molecular formula is C11H21NO. The highest BCUT2D eigenvalue weighted by atomic mass is 16.5. The van der Waals surface area contributed by atoms with E-state index in [-0.39, 0.29) is 5.60 Å². The lowest BCUT2D eigenvalue weighted by molar-refractivity contribution is -0.103. The molecule has 2 saturated carbocycles. The van der Waals surface area contributed by atoms with Crippen LogP contribution in [-0.2, 0) is 4.74 Å². The van der Waals surface area contributed by atoms with Gasteiger partial charge >= 0.3 is 0 Å². The summed E-state index contributed by atoms with van der Waals surface area (Å²) in [6.07, 6.45) is 6.68. The Morgan fingerprint density at radius 3 is 2.46 bits per heavy atom. The molecule has 0 heterocycles. The highest BCUT2D eigenvalue weighted by Gasteiger charge is 2.50. The van der Waals surface area contributed by atoms with Crippen molar-refractivity contribution in [2.24, 2.45) is 5.92 Å². The monoisotopic (exact) mass is 183 g/mol. The standard InChI is InChI=1S/C11H21NO/c1-3-12-10(9-5-6-9)11(13-2)7-4-8-11/h9-10,12H,3-8H2,1-2H3. The van der Waals surface area contributed by atoms with E-state index < -0.39 is 0 Å². The van der Waals surface area contributed by atoms with E-state index in [9.17, 15) is 0 Å². The molecule has 0 saturated heterocycles.